The smallest absolute Gasteiger partial charge is 0.174 e. The Labute approximate surface area is 209 Å². The maximum absolute atomic E-state index is 14.5. The van der Waals surface area contributed by atoms with Gasteiger partial charge in [-0.05, 0) is 79.3 Å². The second-order valence-corrected chi connectivity index (χ2v) is 8.94. The number of hydrogen-bond donors (Lipinski definition) is 0. The predicted molar refractivity (Wildman–Crippen MR) is 142 cm³/mol. The van der Waals surface area contributed by atoms with Gasteiger partial charge in [-0.2, -0.15) is 0 Å². The summed E-state index contributed by atoms with van der Waals surface area (Å²) in [5, 5.41) is 0. The van der Waals surface area contributed by atoms with Gasteiger partial charge < -0.3 is 0 Å². The molecule has 0 spiro atoms. The summed E-state index contributed by atoms with van der Waals surface area (Å²) >= 11 is 0. The molecule has 35 heavy (non-hydrogen) atoms. The minimum Gasteiger partial charge on any atom is -0.203 e. The first-order chi connectivity index (χ1) is 17.1. The maximum Gasteiger partial charge on any atom is 0.174 e. The minimum atomic E-state index is -0.855. The van der Waals surface area contributed by atoms with Crippen LogP contribution in [-0.2, 0) is 12.8 Å². The van der Waals surface area contributed by atoms with E-state index in [9.17, 15) is 8.78 Å². The van der Waals surface area contributed by atoms with Gasteiger partial charge in [0.25, 0.3) is 0 Å². The predicted octanol–water partition coefficient (Wildman–Crippen LogP) is 8.62. The molecule has 0 amide bonds. The van der Waals surface area contributed by atoms with E-state index in [1.165, 1.54) is 31.2 Å². The number of hydrogen-bond acceptors (Lipinski definition) is 0. The fourth-order valence-corrected chi connectivity index (χ4v) is 3.85. The summed E-state index contributed by atoms with van der Waals surface area (Å²) in [5.74, 6) is 10.4. The van der Waals surface area contributed by atoms with E-state index in [0.717, 1.165) is 42.4 Å². The number of aryl methyl sites for hydroxylation is 2. The molecule has 0 radical (unpaired) electrons. The van der Waals surface area contributed by atoms with Crippen molar-refractivity contribution in [1.82, 2.24) is 0 Å². The fraction of sp³-hybridized carbons (Fsp3) is 0.333. The van der Waals surface area contributed by atoms with Crippen LogP contribution in [0.1, 0.15) is 92.2 Å². The van der Waals surface area contributed by atoms with Gasteiger partial charge in [-0.25, -0.2) is 8.78 Å². The maximum atomic E-state index is 14.5. The molecule has 0 saturated heterocycles. The van der Waals surface area contributed by atoms with Crippen molar-refractivity contribution in [1.29, 1.82) is 0 Å². The molecule has 0 N–H and O–H groups in total. The zero-order valence-corrected chi connectivity index (χ0v) is 20.9. The second kappa shape index (κ2) is 14.1. The molecule has 180 valence electrons. The Balaban J connectivity index is 1.61. The molecule has 0 aliphatic carbocycles. The largest absolute Gasteiger partial charge is 0.203 e. The number of halogens is 2. The van der Waals surface area contributed by atoms with E-state index in [4.69, 9.17) is 0 Å². The van der Waals surface area contributed by atoms with Gasteiger partial charge >= 0.3 is 0 Å². The number of rotatable bonds is 9. The molecule has 3 aromatic carbocycles. The summed E-state index contributed by atoms with van der Waals surface area (Å²) in [6.07, 6.45) is 9.47. The Morgan fingerprint density at radius 3 is 1.66 bits per heavy atom. The van der Waals surface area contributed by atoms with Crippen molar-refractivity contribution in [3.05, 3.63) is 106 Å². The Morgan fingerprint density at radius 1 is 0.514 bits per heavy atom. The van der Waals surface area contributed by atoms with Crippen molar-refractivity contribution in [3.63, 3.8) is 0 Å². The lowest BCUT2D eigenvalue weighted by Gasteiger charge is -2.05. The molecule has 0 aliphatic rings. The second-order valence-electron chi connectivity index (χ2n) is 8.94. The first kappa shape index (κ1) is 26.2. The van der Waals surface area contributed by atoms with Crippen LogP contribution in [-0.4, -0.2) is 0 Å². The Morgan fingerprint density at radius 2 is 1.06 bits per heavy atom. The van der Waals surface area contributed by atoms with Gasteiger partial charge in [0, 0.05) is 16.7 Å². The number of benzene rings is 3. The molecule has 3 aromatic rings. The molecule has 0 heterocycles. The van der Waals surface area contributed by atoms with Crippen molar-refractivity contribution < 1.29 is 8.78 Å². The van der Waals surface area contributed by atoms with E-state index in [2.05, 4.69) is 61.8 Å². The average molecular weight is 469 g/mol. The highest BCUT2D eigenvalue weighted by atomic mass is 19.2. The third-order valence-electron chi connectivity index (χ3n) is 6.06. The van der Waals surface area contributed by atoms with Crippen LogP contribution in [0.25, 0.3) is 0 Å². The molecule has 3 rings (SSSR count). The van der Waals surface area contributed by atoms with Crippen molar-refractivity contribution >= 4 is 0 Å². The lowest BCUT2D eigenvalue weighted by molar-refractivity contribution is 0.493. The quantitative estimate of drug-likeness (QED) is 0.218. The normalized spacial score (nSPS) is 10.3. The van der Waals surface area contributed by atoms with Gasteiger partial charge in [0.2, 0.25) is 0 Å². The Bertz CT molecular complexity index is 1200. The lowest BCUT2D eigenvalue weighted by atomic mass is 10.0. The summed E-state index contributed by atoms with van der Waals surface area (Å²) in [6.45, 7) is 4.36. The topological polar surface area (TPSA) is 0 Å². The van der Waals surface area contributed by atoms with Crippen molar-refractivity contribution in [2.24, 2.45) is 0 Å². The van der Waals surface area contributed by atoms with Crippen molar-refractivity contribution in [3.8, 4) is 23.7 Å². The zero-order chi connectivity index (χ0) is 24.9. The summed E-state index contributed by atoms with van der Waals surface area (Å²) in [4.78, 5) is 0. The van der Waals surface area contributed by atoms with Crippen LogP contribution in [0.15, 0.2) is 60.7 Å². The third kappa shape index (κ3) is 8.42. The molecule has 0 atom stereocenters. The summed E-state index contributed by atoms with van der Waals surface area (Å²) in [6, 6.07) is 19.1. The van der Waals surface area contributed by atoms with Crippen molar-refractivity contribution in [2.45, 2.75) is 71.6 Å². The molecule has 0 unspecified atom stereocenters. The number of unbranched alkanes of at least 4 members (excludes halogenated alkanes) is 5. The van der Waals surface area contributed by atoms with Gasteiger partial charge in [-0.3, -0.25) is 0 Å². The molecular formula is C33H34F2. The molecule has 0 fully saturated rings. The van der Waals surface area contributed by atoms with Gasteiger partial charge in [-0.15, -0.1) is 0 Å². The van der Waals surface area contributed by atoms with Crippen LogP contribution in [0.3, 0.4) is 0 Å². The lowest BCUT2D eigenvalue weighted by Crippen LogP contribution is -1.98. The Kier molecular flexibility index (Phi) is 10.6. The summed E-state index contributed by atoms with van der Waals surface area (Å²) < 4.78 is 29.0. The van der Waals surface area contributed by atoms with E-state index in [0.29, 0.717) is 12.0 Å². The molecule has 0 bridgehead atoms. The van der Waals surface area contributed by atoms with Gasteiger partial charge in [0.1, 0.15) is 0 Å². The molecule has 2 heteroatoms. The molecular weight excluding hydrogens is 434 g/mol. The van der Waals surface area contributed by atoms with E-state index in [-0.39, 0.29) is 5.56 Å². The van der Waals surface area contributed by atoms with Gasteiger partial charge in [0.15, 0.2) is 11.6 Å². The molecule has 0 aromatic heterocycles. The molecule has 0 aliphatic heterocycles. The summed E-state index contributed by atoms with van der Waals surface area (Å²) in [5.41, 5.74) is 4.46. The van der Waals surface area contributed by atoms with E-state index >= 15 is 0 Å². The van der Waals surface area contributed by atoms with Crippen LogP contribution in [0.5, 0.6) is 0 Å². The SMILES string of the molecule is CCCCCCCc1ccc(C#Cc2ccc(C#Cc3ccc(CCCC)cc3)cc2)c(F)c1F. The van der Waals surface area contributed by atoms with Crippen LogP contribution in [0.4, 0.5) is 8.78 Å². The highest BCUT2D eigenvalue weighted by Crippen LogP contribution is 2.19. The van der Waals surface area contributed by atoms with Gasteiger partial charge in [0.05, 0.1) is 5.56 Å². The van der Waals surface area contributed by atoms with E-state index < -0.39 is 11.6 Å². The van der Waals surface area contributed by atoms with Crippen LogP contribution in [0, 0.1) is 35.3 Å². The first-order valence-corrected chi connectivity index (χ1v) is 12.8. The van der Waals surface area contributed by atoms with Crippen LogP contribution >= 0.6 is 0 Å². The third-order valence-corrected chi connectivity index (χ3v) is 6.06. The summed E-state index contributed by atoms with van der Waals surface area (Å²) in [7, 11) is 0. The average Bonchev–Trinajstić information content (AvgIpc) is 2.89. The van der Waals surface area contributed by atoms with Gasteiger partial charge in [-0.1, -0.05) is 87.8 Å². The first-order valence-electron chi connectivity index (χ1n) is 12.8. The molecule has 0 saturated carbocycles. The minimum absolute atomic E-state index is 0.0866. The van der Waals surface area contributed by atoms with E-state index in [1.807, 2.05) is 24.3 Å². The zero-order valence-electron chi connectivity index (χ0n) is 20.9. The monoisotopic (exact) mass is 468 g/mol. The molecule has 0 nitrogen and oxygen atoms in total. The van der Waals surface area contributed by atoms with E-state index in [1.54, 1.807) is 12.1 Å². The fourth-order valence-electron chi connectivity index (χ4n) is 3.85. The van der Waals surface area contributed by atoms with Crippen molar-refractivity contribution in [2.75, 3.05) is 0 Å². The highest BCUT2D eigenvalue weighted by Gasteiger charge is 2.12. The van der Waals surface area contributed by atoms with Crippen LogP contribution in [0.2, 0.25) is 0 Å². The highest BCUT2D eigenvalue weighted by molar-refractivity contribution is 5.48. The van der Waals surface area contributed by atoms with Crippen LogP contribution < -0.4 is 0 Å². The Hall–Kier alpha value is -3.36. The standard InChI is InChI=1S/C33H34F2/c1-3-5-7-8-9-11-30-24-25-31(33(35)32(30)34)23-22-29-20-18-28(19-21-29)17-16-27-14-12-26(13-15-27)10-6-4-2/h12-15,18-21,24-25H,3-11H2,1-2H3.